The van der Waals surface area contributed by atoms with E-state index in [2.05, 4.69) is 20.6 Å². The molecule has 22 heavy (non-hydrogen) atoms. The van der Waals surface area contributed by atoms with Crippen molar-refractivity contribution in [2.45, 2.75) is 6.92 Å². The summed E-state index contributed by atoms with van der Waals surface area (Å²) in [4.78, 5) is 8.42. The predicted molar refractivity (Wildman–Crippen MR) is 90.6 cm³/mol. The van der Waals surface area contributed by atoms with E-state index in [0.717, 1.165) is 11.4 Å². The summed E-state index contributed by atoms with van der Waals surface area (Å²) in [5.74, 6) is 1.16. The van der Waals surface area contributed by atoms with Crippen molar-refractivity contribution < 1.29 is 0 Å². The largest absolute Gasteiger partial charge is 0.393 e. The number of nitrogens with one attached hydrogen (secondary N) is 2. The number of aryl methyl sites for hydroxylation is 1. The summed E-state index contributed by atoms with van der Waals surface area (Å²) in [5, 5.41) is 6.42. The Morgan fingerprint density at radius 2 is 1.45 bits per heavy atom. The van der Waals surface area contributed by atoms with Gasteiger partial charge in [0.05, 0.1) is 0 Å². The lowest BCUT2D eigenvalue weighted by molar-refractivity contribution is 1.17. The number of rotatable bonds is 4. The zero-order valence-corrected chi connectivity index (χ0v) is 12.2. The third-order valence-electron chi connectivity index (χ3n) is 3.20. The molecular formula is C17H17N5. The van der Waals surface area contributed by atoms with Crippen molar-refractivity contribution in [2.75, 3.05) is 16.4 Å². The SMILES string of the molecule is Cc1cccc(Nc2ncnc(Nc3ccccc3)c2N)c1. The molecule has 2 aromatic carbocycles. The summed E-state index contributed by atoms with van der Waals surface area (Å²) in [7, 11) is 0. The summed E-state index contributed by atoms with van der Waals surface area (Å²) in [5.41, 5.74) is 9.68. The van der Waals surface area contributed by atoms with Gasteiger partial charge in [-0.25, -0.2) is 9.97 Å². The fraction of sp³-hybridized carbons (Fsp3) is 0.0588. The van der Waals surface area contributed by atoms with E-state index in [1.165, 1.54) is 11.9 Å². The first kappa shape index (κ1) is 13.9. The minimum Gasteiger partial charge on any atom is -0.393 e. The summed E-state index contributed by atoms with van der Waals surface area (Å²) < 4.78 is 0. The van der Waals surface area contributed by atoms with Gasteiger partial charge in [-0.2, -0.15) is 0 Å². The van der Waals surface area contributed by atoms with Crippen LogP contribution in [-0.2, 0) is 0 Å². The topological polar surface area (TPSA) is 75.9 Å². The van der Waals surface area contributed by atoms with Gasteiger partial charge >= 0.3 is 0 Å². The molecule has 1 aromatic heterocycles. The van der Waals surface area contributed by atoms with Gasteiger partial charge in [0.15, 0.2) is 11.6 Å². The number of benzene rings is 2. The number of hydrogen-bond donors (Lipinski definition) is 3. The minimum absolute atomic E-state index is 0.479. The average molecular weight is 291 g/mol. The van der Waals surface area contributed by atoms with E-state index in [1.54, 1.807) is 0 Å². The van der Waals surface area contributed by atoms with Crippen molar-refractivity contribution in [3.63, 3.8) is 0 Å². The first-order valence-electron chi connectivity index (χ1n) is 6.98. The monoisotopic (exact) mass is 291 g/mol. The van der Waals surface area contributed by atoms with Gasteiger partial charge in [-0.1, -0.05) is 30.3 Å². The Morgan fingerprint density at radius 1 is 0.818 bits per heavy atom. The molecule has 0 aliphatic rings. The number of aromatic nitrogens is 2. The second-order valence-corrected chi connectivity index (χ2v) is 4.97. The van der Waals surface area contributed by atoms with Gasteiger partial charge in [-0.15, -0.1) is 0 Å². The standard InChI is InChI=1S/C17H17N5/c1-12-6-5-9-14(10-12)22-17-15(18)16(19-11-20-17)21-13-7-3-2-4-8-13/h2-11H,18H2,1H3,(H2,19,20,21,22). The van der Waals surface area contributed by atoms with Gasteiger partial charge in [0.25, 0.3) is 0 Å². The molecule has 5 heteroatoms. The van der Waals surface area contributed by atoms with E-state index in [1.807, 2.05) is 61.5 Å². The third kappa shape index (κ3) is 3.15. The van der Waals surface area contributed by atoms with Crippen molar-refractivity contribution in [2.24, 2.45) is 0 Å². The van der Waals surface area contributed by atoms with Crippen LogP contribution in [-0.4, -0.2) is 9.97 Å². The van der Waals surface area contributed by atoms with E-state index in [9.17, 15) is 0 Å². The van der Waals surface area contributed by atoms with Gasteiger partial charge in [0.1, 0.15) is 12.0 Å². The van der Waals surface area contributed by atoms with Crippen LogP contribution >= 0.6 is 0 Å². The van der Waals surface area contributed by atoms with Crippen LogP contribution < -0.4 is 16.4 Å². The minimum atomic E-state index is 0.479. The highest BCUT2D eigenvalue weighted by molar-refractivity contribution is 5.80. The Kier molecular flexibility index (Phi) is 3.87. The first-order chi connectivity index (χ1) is 10.7. The smallest absolute Gasteiger partial charge is 0.159 e. The first-order valence-corrected chi connectivity index (χ1v) is 6.98. The molecule has 0 fully saturated rings. The van der Waals surface area contributed by atoms with Crippen molar-refractivity contribution >= 4 is 28.7 Å². The fourth-order valence-electron chi connectivity index (χ4n) is 2.11. The summed E-state index contributed by atoms with van der Waals surface area (Å²) in [6.07, 6.45) is 1.49. The van der Waals surface area contributed by atoms with Crippen molar-refractivity contribution in [3.05, 3.63) is 66.5 Å². The molecule has 0 amide bonds. The zero-order valence-electron chi connectivity index (χ0n) is 12.2. The molecule has 4 N–H and O–H groups in total. The quantitative estimate of drug-likeness (QED) is 0.680. The Morgan fingerprint density at radius 3 is 2.14 bits per heavy atom. The molecule has 0 aliphatic heterocycles. The van der Waals surface area contributed by atoms with Gasteiger partial charge in [-0.05, 0) is 36.8 Å². The number of para-hydroxylation sites is 1. The lowest BCUT2D eigenvalue weighted by Gasteiger charge is -2.12. The van der Waals surface area contributed by atoms with Crippen molar-refractivity contribution in [1.29, 1.82) is 0 Å². The molecule has 3 aromatic rings. The van der Waals surface area contributed by atoms with Gasteiger partial charge < -0.3 is 16.4 Å². The molecule has 0 atom stereocenters. The number of hydrogen-bond acceptors (Lipinski definition) is 5. The molecule has 0 saturated carbocycles. The molecule has 5 nitrogen and oxygen atoms in total. The van der Waals surface area contributed by atoms with E-state index >= 15 is 0 Å². The van der Waals surface area contributed by atoms with Crippen LogP contribution in [0, 0.1) is 6.92 Å². The molecule has 0 unspecified atom stereocenters. The highest BCUT2D eigenvalue weighted by Crippen LogP contribution is 2.28. The summed E-state index contributed by atoms with van der Waals surface area (Å²) >= 11 is 0. The van der Waals surface area contributed by atoms with Crippen molar-refractivity contribution in [1.82, 2.24) is 9.97 Å². The molecule has 0 saturated heterocycles. The van der Waals surface area contributed by atoms with E-state index in [0.29, 0.717) is 17.3 Å². The Balaban J connectivity index is 1.86. The lowest BCUT2D eigenvalue weighted by atomic mass is 10.2. The second-order valence-electron chi connectivity index (χ2n) is 4.97. The van der Waals surface area contributed by atoms with Gasteiger partial charge in [-0.3, -0.25) is 0 Å². The Hall–Kier alpha value is -3.08. The second kappa shape index (κ2) is 6.13. The van der Waals surface area contributed by atoms with Crippen LogP contribution in [0.4, 0.5) is 28.7 Å². The molecular weight excluding hydrogens is 274 g/mol. The van der Waals surface area contributed by atoms with Gasteiger partial charge in [0.2, 0.25) is 0 Å². The maximum absolute atomic E-state index is 6.17. The number of nitrogens with zero attached hydrogens (tertiary/aromatic N) is 2. The third-order valence-corrected chi connectivity index (χ3v) is 3.20. The van der Waals surface area contributed by atoms with Gasteiger partial charge in [0, 0.05) is 11.4 Å². The van der Waals surface area contributed by atoms with Crippen LogP contribution in [0.25, 0.3) is 0 Å². The number of nitrogen functional groups attached to an aromatic ring is 1. The highest BCUT2D eigenvalue weighted by atomic mass is 15.1. The normalized spacial score (nSPS) is 10.2. The summed E-state index contributed by atoms with van der Waals surface area (Å²) in [6, 6.07) is 17.8. The van der Waals surface area contributed by atoms with Crippen LogP contribution in [0.1, 0.15) is 5.56 Å². The predicted octanol–water partition coefficient (Wildman–Crippen LogP) is 3.85. The highest BCUT2D eigenvalue weighted by Gasteiger charge is 2.08. The van der Waals surface area contributed by atoms with E-state index < -0.39 is 0 Å². The maximum Gasteiger partial charge on any atom is 0.159 e. The zero-order chi connectivity index (χ0) is 15.4. The fourth-order valence-corrected chi connectivity index (χ4v) is 2.11. The van der Waals surface area contributed by atoms with Crippen molar-refractivity contribution in [3.8, 4) is 0 Å². The maximum atomic E-state index is 6.17. The molecule has 3 rings (SSSR count). The summed E-state index contributed by atoms with van der Waals surface area (Å²) in [6.45, 7) is 2.04. The molecule has 0 aliphatic carbocycles. The van der Waals surface area contributed by atoms with Crippen LogP contribution in [0.5, 0.6) is 0 Å². The molecule has 0 spiro atoms. The van der Waals surface area contributed by atoms with E-state index in [-0.39, 0.29) is 0 Å². The number of nitrogens with two attached hydrogens (primary N) is 1. The molecule has 0 radical (unpaired) electrons. The average Bonchev–Trinajstić information content (AvgIpc) is 2.52. The number of anilines is 5. The van der Waals surface area contributed by atoms with E-state index in [4.69, 9.17) is 5.73 Å². The van der Waals surface area contributed by atoms with Crippen LogP contribution in [0.15, 0.2) is 60.9 Å². The lowest BCUT2D eigenvalue weighted by Crippen LogP contribution is -2.05. The Labute approximate surface area is 129 Å². The Bertz CT molecular complexity index is 771. The molecule has 110 valence electrons. The van der Waals surface area contributed by atoms with Crippen LogP contribution in [0.2, 0.25) is 0 Å². The van der Waals surface area contributed by atoms with Crippen LogP contribution in [0.3, 0.4) is 0 Å². The molecule has 1 heterocycles. The molecule has 0 bridgehead atoms.